The van der Waals surface area contributed by atoms with Crippen molar-refractivity contribution in [1.82, 2.24) is 24.7 Å². The van der Waals surface area contributed by atoms with Crippen LogP contribution in [0.3, 0.4) is 0 Å². The summed E-state index contributed by atoms with van der Waals surface area (Å²) in [5.74, 6) is 0.359. The Morgan fingerprint density at radius 2 is 1.90 bits per heavy atom. The molecule has 0 radical (unpaired) electrons. The summed E-state index contributed by atoms with van der Waals surface area (Å²) in [5.41, 5.74) is 0. The molecule has 0 amide bonds. The van der Waals surface area contributed by atoms with E-state index in [9.17, 15) is 0 Å². The van der Waals surface area contributed by atoms with Gasteiger partial charge < -0.3 is 4.74 Å². The average Bonchev–Trinajstić information content (AvgIpc) is 3.00. The first-order valence-corrected chi connectivity index (χ1v) is 7.72. The normalized spacial score (nSPS) is 10.8. The van der Waals surface area contributed by atoms with Crippen LogP contribution in [0, 0.1) is 0 Å². The molecular formula is C14H20ClN5O. The molecule has 0 atom stereocenters. The van der Waals surface area contributed by atoms with Crippen LogP contribution in [-0.2, 0) is 0 Å². The summed E-state index contributed by atoms with van der Waals surface area (Å²) in [6.07, 6.45) is 10.6. The molecule has 2 heterocycles. The minimum atomic E-state index is 0.105. The molecule has 2 rings (SSSR count). The molecule has 2 aromatic heterocycles. The summed E-state index contributed by atoms with van der Waals surface area (Å²) >= 11 is 5.88. The first-order valence-electron chi connectivity index (χ1n) is 7.34. The van der Waals surface area contributed by atoms with Gasteiger partial charge in [0.05, 0.1) is 6.61 Å². The fraction of sp³-hybridized carbons (Fsp3) is 0.571. The highest BCUT2D eigenvalue weighted by Gasteiger charge is 2.07. The van der Waals surface area contributed by atoms with Crippen molar-refractivity contribution < 1.29 is 4.74 Å². The number of unbranched alkanes of at least 4 members (excludes halogenated alkanes) is 5. The quantitative estimate of drug-likeness (QED) is 0.664. The second-order valence-corrected chi connectivity index (χ2v) is 5.09. The van der Waals surface area contributed by atoms with Crippen molar-refractivity contribution in [2.75, 3.05) is 6.61 Å². The summed E-state index contributed by atoms with van der Waals surface area (Å²) in [6.45, 7) is 2.80. The standard InChI is InChI=1S/C14H20ClN5O/c1-2-3-4-5-6-7-11-21-14-18-12(15)17-13(19-14)20-10-8-9-16-20/h8-10H,2-7,11H2,1H3. The van der Waals surface area contributed by atoms with E-state index >= 15 is 0 Å². The third-order valence-electron chi connectivity index (χ3n) is 3.01. The molecule has 0 unspecified atom stereocenters. The second-order valence-electron chi connectivity index (χ2n) is 4.75. The Morgan fingerprint density at radius 1 is 1.10 bits per heavy atom. The molecule has 0 saturated carbocycles. The van der Waals surface area contributed by atoms with Gasteiger partial charge >= 0.3 is 6.01 Å². The summed E-state index contributed by atoms with van der Waals surface area (Å²) in [6, 6.07) is 2.03. The molecule has 0 aliphatic heterocycles. The van der Waals surface area contributed by atoms with E-state index in [0.717, 1.165) is 12.8 Å². The van der Waals surface area contributed by atoms with E-state index in [2.05, 4.69) is 27.0 Å². The Morgan fingerprint density at radius 3 is 2.67 bits per heavy atom. The van der Waals surface area contributed by atoms with Crippen molar-refractivity contribution in [3.63, 3.8) is 0 Å². The minimum Gasteiger partial charge on any atom is -0.463 e. The molecule has 7 heteroatoms. The molecule has 0 aliphatic carbocycles. The number of rotatable bonds is 9. The van der Waals surface area contributed by atoms with E-state index in [-0.39, 0.29) is 11.3 Å². The largest absolute Gasteiger partial charge is 0.463 e. The smallest absolute Gasteiger partial charge is 0.322 e. The average molecular weight is 310 g/mol. The summed E-state index contributed by atoms with van der Waals surface area (Å²) in [7, 11) is 0. The lowest BCUT2D eigenvalue weighted by molar-refractivity contribution is 0.279. The third-order valence-corrected chi connectivity index (χ3v) is 3.18. The molecule has 0 N–H and O–H groups in total. The van der Waals surface area contributed by atoms with Gasteiger partial charge in [-0.15, -0.1) is 0 Å². The van der Waals surface area contributed by atoms with Gasteiger partial charge in [0.15, 0.2) is 0 Å². The van der Waals surface area contributed by atoms with Crippen LogP contribution in [-0.4, -0.2) is 31.3 Å². The van der Waals surface area contributed by atoms with Crippen LogP contribution in [0.1, 0.15) is 45.4 Å². The highest BCUT2D eigenvalue weighted by molar-refractivity contribution is 6.28. The number of hydrogen-bond donors (Lipinski definition) is 0. The number of nitrogens with zero attached hydrogens (tertiary/aromatic N) is 5. The van der Waals surface area contributed by atoms with E-state index < -0.39 is 0 Å². The Bertz CT molecular complexity index is 532. The van der Waals surface area contributed by atoms with Crippen LogP contribution in [0.25, 0.3) is 5.95 Å². The van der Waals surface area contributed by atoms with E-state index in [4.69, 9.17) is 16.3 Å². The van der Waals surface area contributed by atoms with Crippen molar-refractivity contribution in [3.8, 4) is 12.0 Å². The Hall–Kier alpha value is -1.69. The Balaban J connectivity index is 1.81. The summed E-state index contributed by atoms with van der Waals surface area (Å²) in [4.78, 5) is 12.2. The van der Waals surface area contributed by atoms with Crippen LogP contribution < -0.4 is 4.74 Å². The molecule has 0 spiro atoms. The highest BCUT2D eigenvalue weighted by Crippen LogP contribution is 2.11. The monoisotopic (exact) mass is 309 g/mol. The van der Waals surface area contributed by atoms with Gasteiger partial charge in [0.1, 0.15) is 0 Å². The van der Waals surface area contributed by atoms with Crippen LogP contribution in [0.2, 0.25) is 5.28 Å². The molecule has 0 bridgehead atoms. The molecule has 0 saturated heterocycles. The topological polar surface area (TPSA) is 65.7 Å². The van der Waals surface area contributed by atoms with Crippen molar-refractivity contribution in [2.24, 2.45) is 0 Å². The minimum absolute atomic E-state index is 0.105. The SMILES string of the molecule is CCCCCCCCOc1nc(Cl)nc(-n2cccn2)n1. The molecule has 0 fully saturated rings. The molecule has 0 aliphatic rings. The van der Waals surface area contributed by atoms with E-state index in [0.29, 0.717) is 12.6 Å². The van der Waals surface area contributed by atoms with Crippen LogP contribution in [0.5, 0.6) is 6.01 Å². The van der Waals surface area contributed by atoms with Gasteiger partial charge in [-0.3, -0.25) is 0 Å². The lowest BCUT2D eigenvalue weighted by Crippen LogP contribution is -2.07. The number of halogens is 1. The fourth-order valence-electron chi connectivity index (χ4n) is 1.92. The van der Waals surface area contributed by atoms with E-state index in [1.807, 2.05) is 0 Å². The van der Waals surface area contributed by atoms with Crippen molar-refractivity contribution >= 4 is 11.6 Å². The lowest BCUT2D eigenvalue weighted by atomic mass is 10.1. The first-order chi connectivity index (χ1) is 10.3. The zero-order valence-corrected chi connectivity index (χ0v) is 13.0. The van der Waals surface area contributed by atoms with Gasteiger partial charge in [0.2, 0.25) is 5.28 Å². The maximum atomic E-state index is 5.88. The van der Waals surface area contributed by atoms with Gasteiger partial charge in [-0.2, -0.15) is 20.1 Å². The second kappa shape index (κ2) is 8.56. The molecule has 21 heavy (non-hydrogen) atoms. The molecule has 2 aromatic rings. The summed E-state index contributed by atoms with van der Waals surface area (Å²) in [5, 5.41) is 4.16. The Labute approximate surface area is 129 Å². The van der Waals surface area contributed by atoms with E-state index in [1.54, 1.807) is 18.5 Å². The predicted octanol–water partition coefficient (Wildman–Crippen LogP) is 3.45. The first kappa shape index (κ1) is 15.7. The molecule has 0 aromatic carbocycles. The van der Waals surface area contributed by atoms with Gasteiger partial charge in [-0.05, 0) is 24.1 Å². The molecule has 114 valence electrons. The number of aromatic nitrogens is 5. The van der Waals surface area contributed by atoms with Crippen LogP contribution >= 0.6 is 11.6 Å². The van der Waals surface area contributed by atoms with Gasteiger partial charge in [0, 0.05) is 12.4 Å². The maximum absolute atomic E-state index is 5.88. The van der Waals surface area contributed by atoms with Crippen molar-refractivity contribution in [2.45, 2.75) is 45.4 Å². The zero-order valence-electron chi connectivity index (χ0n) is 12.2. The van der Waals surface area contributed by atoms with E-state index in [1.165, 1.54) is 30.4 Å². The lowest BCUT2D eigenvalue weighted by Gasteiger charge is -2.06. The molecule has 6 nitrogen and oxygen atoms in total. The van der Waals surface area contributed by atoms with Crippen LogP contribution in [0.15, 0.2) is 18.5 Å². The predicted molar refractivity (Wildman–Crippen MR) is 80.8 cm³/mol. The number of hydrogen-bond acceptors (Lipinski definition) is 5. The maximum Gasteiger partial charge on any atom is 0.322 e. The zero-order chi connectivity index (χ0) is 14.9. The van der Waals surface area contributed by atoms with Crippen LogP contribution in [0.4, 0.5) is 0 Å². The van der Waals surface area contributed by atoms with Crippen molar-refractivity contribution in [3.05, 3.63) is 23.7 Å². The summed E-state index contributed by atoms with van der Waals surface area (Å²) < 4.78 is 7.06. The van der Waals surface area contributed by atoms with Gasteiger partial charge in [-0.25, -0.2) is 4.68 Å². The Kier molecular flexibility index (Phi) is 6.40. The fourth-order valence-corrected chi connectivity index (χ4v) is 2.07. The van der Waals surface area contributed by atoms with Gasteiger partial charge in [-0.1, -0.05) is 39.0 Å². The van der Waals surface area contributed by atoms with Gasteiger partial charge in [0.25, 0.3) is 5.95 Å². The number of ether oxygens (including phenoxy) is 1. The highest BCUT2D eigenvalue weighted by atomic mass is 35.5. The van der Waals surface area contributed by atoms with Crippen molar-refractivity contribution in [1.29, 1.82) is 0 Å². The molecular weight excluding hydrogens is 290 g/mol. The third kappa shape index (κ3) is 5.30.